The highest BCUT2D eigenvalue weighted by molar-refractivity contribution is 6.02. The lowest BCUT2D eigenvalue weighted by molar-refractivity contribution is -0.125. The van der Waals surface area contributed by atoms with Gasteiger partial charge >= 0.3 is 0 Å². The maximum Gasteiger partial charge on any atom is 0.249 e. The molecule has 1 aliphatic rings. The molecule has 0 spiro atoms. The predicted molar refractivity (Wildman–Crippen MR) is 110 cm³/mol. The summed E-state index contributed by atoms with van der Waals surface area (Å²) >= 11 is 0. The number of hydrogen-bond donors (Lipinski definition) is 2. The highest BCUT2D eigenvalue weighted by atomic mass is 16.2. The molecule has 0 saturated heterocycles. The van der Waals surface area contributed by atoms with E-state index in [1.807, 2.05) is 37.3 Å². The first-order chi connectivity index (χ1) is 13.9. The van der Waals surface area contributed by atoms with Crippen molar-refractivity contribution in [3.05, 3.63) is 65.7 Å². The number of anilines is 2. The minimum Gasteiger partial charge on any atom is -0.324 e. The second-order valence-electron chi connectivity index (χ2n) is 7.03. The van der Waals surface area contributed by atoms with E-state index in [9.17, 15) is 14.4 Å². The van der Waals surface area contributed by atoms with E-state index in [0.29, 0.717) is 17.1 Å². The number of fused-ring (bicyclic) bond motifs is 1. The lowest BCUT2D eigenvalue weighted by Gasteiger charge is -2.24. The second kappa shape index (κ2) is 7.35. The maximum absolute atomic E-state index is 13.0. The van der Waals surface area contributed by atoms with E-state index < -0.39 is 6.04 Å². The van der Waals surface area contributed by atoms with Gasteiger partial charge in [0.2, 0.25) is 11.8 Å². The first-order valence-corrected chi connectivity index (χ1v) is 9.30. The minimum absolute atomic E-state index is 0.0133. The summed E-state index contributed by atoms with van der Waals surface area (Å²) in [4.78, 5) is 36.8. The van der Waals surface area contributed by atoms with Gasteiger partial charge in [0.25, 0.3) is 0 Å². The van der Waals surface area contributed by atoms with Crippen LogP contribution in [0.25, 0.3) is 11.3 Å². The number of carbonyl (C=O) groups is 3. The molecular formula is C22H20N4O3. The fraction of sp³-hybridized carbons (Fsp3) is 0.182. The van der Waals surface area contributed by atoms with Crippen LogP contribution < -0.4 is 10.6 Å². The zero-order valence-corrected chi connectivity index (χ0v) is 16.1. The van der Waals surface area contributed by atoms with Gasteiger partial charge in [-0.3, -0.25) is 14.4 Å². The van der Waals surface area contributed by atoms with Gasteiger partial charge in [-0.05, 0) is 26.0 Å². The number of rotatable bonds is 4. The van der Waals surface area contributed by atoms with E-state index in [4.69, 9.17) is 0 Å². The van der Waals surface area contributed by atoms with Gasteiger partial charge in [0.15, 0.2) is 5.78 Å². The fourth-order valence-electron chi connectivity index (χ4n) is 3.45. The van der Waals surface area contributed by atoms with Crippen LogP contribution in [0.15, 0.2) is 54.6 Å². The van der Waals surface area contributed by atoms with Crippen molar-refractivity contribution < 1.29 is 14.4 Å². The lowest BCUT2D eigenvalue weighted by Crippen LogP contribution is -2.36. The summed E-state index contributed by atoms with van der Waals surface area (Å²) in [5.41, 5.74) is 3.45. The van der Waals surface area contributed by atoms with Gasteiger partial charge in [0.05, 0.1) is 12.1 Å². The summed E-state index contributed by atoms with van der Waals surface area (Å²) < 4.78 is 1.57. The molecule has 7 nitrogen and oxygen atoms in total. The van der Waals surface area contributed by atoms with Crippen molar-refractivity contribution in [3.63, 3.8) is 0 Å². The Morgan fingerprint density at radius 2 is 1.90 bits per heavy atom. The van der Waals surface area contributed by atoms with Gasteiger partial charge in [-0.2, -0.15) is 5.10 Å². The molecule has 2 N–H and O–H groups in total. The van der Waals surface area contributed by atoms with Crippen LogP contribution in [0.4, 0.5) is 11.5 Å². The Hall–Kier alpha value is -3.74. The van der Waals surface area contributed by atoms with Crippen LogP contribution in [0.1, 0.15) is 35.3 Å². The molecule has 0 radical (unpaired) electrons. The molecule has 3 aromatic rings. The molecule has 1 aromatic heterocycles. The number of carbonyl (C=O) groups excluding carboxylic acids is 3. The van der Waals surface area contributed by atoms with Crippen molar-refractivity contribution in [2.45, 2.75) is 26.3 Å². The fourth-order valence-corrected chi connectivity index (χ4v) is 3.45. The third-order valence-electron chi connectivity index (χ3n) is 4.97. The maximum atomic E-state index is 13.0. The van der Waals surface area contributed by atoms with Gasteiger partial charge in [-0.25, -0.2) is 4.68 Å². The quantitative estimate of drug-likeness (QED) is 0.668. The third kappa shape index (κ3) is 3.54. The zero-order chi connectivity index (χ0) is 20.5. The van der Waals surface area contributed by atoms with Gasteiger partial charge in [0, 0.05) is 22.4 Å². The van der Waals surface area contributed by atoms with E-state index in [1.54, 1.807) is 28.9 Å². The molecule has 2 heterocycles. The van der Waals surface area contributed by atoms with Gasteiger partial charge < -0.3 is 10.6 Å². The normalized spacial score (nSPS) is 15.4. The Bertz CT molecular complexity index is 1120. The monoisotopic (exact) mass is 388 g/mol. The average Bonchev–Trinajstić information content (AvgIpc) is 3.04. The Morgan fingerprint density at radius 3 is 2.62 bits per heavy atom. The molecule has 1 aliphatic heterocycles. The van der Waals surface area contributed by atoms with Crippen LogP contribution in [0.3, 0.4) is 0 Å². The smallest absolute Gasteiger partial charge is 0.249 e. The van der Waals surface area contributed by atoms with Crippen LogP contribution in [0, 0.1) is 6.92 Å². The average molecular weight is 388 g/mol. The van der Waals surface area contributed by atoms with Crippen LogP contribution >= 0.6 is 0 Å². The number of Topliss-reactive ketones (excluding diaryl/α,β-unsaturated/α-hetero) is 1. The molecule has 1 atom stereocenters. The number of hydrogen-bond acceptors (Lipinski definition) is 4. The number of benzene rings is 2. The van der Waals surface area contributed by atoms with Gasteiger partial charge in [0.1, 0.15) is 11.9 Å². The zero-order valence-electron chi connectivity index (χ0n) is 16.1. The standard InChI is InChI=1S/C22H20N4O3/c1-13-20(15-7-4-3-5-8-15)25-26-18(12-19(28)24-21(13)26)22(29)23-17-10-6-9-16(11-17)14(2)27/h3-11,18H,12H2,1-2H3,(H,23,29)(H,24,28). The molecule has 0 bridgehead atoms. The number of ketones is 1. The molecule has 2 aromatic carbocycles. The Labute approximate surface area is 167 Å². The van der Waals surface area contributed by atoms with E-state index in [2.05, 4.69) is 15.7 Å². The molecule has 1 unspecified atom stereocenters. The van der Waals surface area contributed by atoms with Crippen molar-refractivity contribution in [1.29, 1.82) is 0 Å². The number of aromatic nitrogens is 2. The van der Waals surface area contributed by atoms with E-state index >= 15 is 0 Å². The van der Waals surface area contributed by atoms with E-state index in [0.717, 1.165) is 16.8 Å². The lowest BCUT2D eigenvalue weighted by atomic mass is 10.1. The van der Waals surface area contributed by atoms with Crippen LogP contribution in [-0.2, 0) is 9.59 Å². The van der Waals surface area contributed by atoms with Crippen molar-refractivity contribution in [3.8, 4) is 11.3 Å². The molecule has 4 rings (SSSR count). The highest BCUT2D eigenvalue weighted by Gasteiger charge is 2.34. The molecule has 0 aliphatic carbocycles. The summed E-state index contributed by atoms with van der Waals surface area (Å²) in [7, 11) is 0. The Morgan fingerprint density at radius 1 is 1.14 bits per heavy atom. The molecule has 7 heteroatoms. The predicted octanol–water partition coefficient (Wildman–Crippen LogP) is 3.58. The molecule has 0 fully saturated rings. The Kier molecular flexibility index (Phi) is 4.72. The van der Waals surface area contributed by atoms with Crippen LogP contribution in [-0.4, -0.2) is 27.4 Å². The van der Waals surface area contributed by atoms with Crippen molar-refractivity contribution in [2.24, 2.45) is 0 Å². The Balaban J connectivity index is 1.68. The summed E-state index contributed by atoms with van der Waals surface area (Å²) in [6.07, 6.45) is -0.0133. The number of nitrogens with zero attached hydrogens (tertiary/aromatic N) is 2. The van der Waals surface area contributed by atoms with Crippen LogP contribution in [0.5, 0.6) is 0 Å². The van der Waals surface area contributed by atoms with Crippen LogP contribution in [0.2, 0.25) is 0 Å². The molecular weight excluding hydrogens is 368 g/mol. The van der Waals surface area contributed by atoms with Gasteiger partial charge in [-0.1, -0.05) is 42.5 Å². The van der Waals surface area contributed by atoms with Gasteiger partial charge in [-0.15, -0.1) is 0 Å². The van der Waals surface area contributed by atoms with Crippen molar-refractivity contribution >= 4 is 29.1 Å². The van der Waals surface area contributed by atoms with Crippen molar-refractivity contribution in [1.82, 2.24) is 9.78 Å². The van der Waals surface area contributed by atoms with Crippen molar-refractivity contribution in [2.75, 3.05) is 10.6 Å². The molecule has 29 heavy (non-hydrogen) atoms. The van der Waals surface area contributed by atoms with E-state index in [-0.39, 0.29) is 24.0 Å². The number of amides is 2. The summed E-state index contributed by atoms with van der Waals surface area (Å²) in [5, 5.41) is 10.3. The van der Waals surface area contributed by atoms with E-state index in [1.165, 1.54) is 6.92 Å². The summed E-state index contributed by atoms with van der Waals surface area (Å²) in [6.45, 7) is 3.34. The highest BCUT2D eigenvalue weighted by Crippen LogP contribution is 2.34. The topological polar surface area (TPSA) is 93.1 Å². The summed E-state index contributed by atoms with van der Waals surface area (Å²) in [5.74, 6) is -0.157. The number of nitrogens with one attached hydrogen (secondary N) is 2. The molecule has 0 saturated carbocycles. The second-order valence-corrected chi connectivity index (χ2v) is 7.03. The first-order valence-electron chi connectivity index (χ1n) is 9.30. The largest absolute Gasteiger partial charge is 0.324 e. The summed E-state index contributed by atoms with van der Waals surface area (Å²) in [6, 6.07) is 15.6. The minimum atomic E-state index is -0.782. The molecule has 146 valence electrons. The SMILES string of the molecule is CC(=O)c1cccc(NC(=O)C2CC(=O)Nc3c(C)c(-c4ccccc4)nn32)c1. The third-order valence-corrected chi connectivity index (χ3v) is 4.97. The first kappa shape index (κ1) is 18.6. The molecule has 2 amide bonds.